The lowest BCUT2D eigenvalue weighted by atomic mass is 10.1. The maximum Gasteiger partial charge on any atom is 0.192 e. The van der Waals surface area contributed by atoms with Crippen LogP contribution < -0.4 is 0 Å². The zero-order valence-corrected chi connectivity index (χ0v) is 17.7. The number of hydrogen-bond acceptors (Lipinski definition) is 3. The summed E-state index contributed by atoms with van der Waals surface area (Å²) in [7, 11) is -1.62. The van der Waals surface area contributed by atoms with E-state index < -0.39 is 8.32 Å². The maximum absolute atomic E-state index is 6.78. The SMILES string of the molecule is CC[Si](CC)(CC)O[C@@H](CC=C(C)C)/C(C)=C/c1csc(C)n1. The fourth-order valence-electron chi connectivity index (χ4n) is 2.74. The number of thiazole rings is 1. The second-order valence-corrected chi connectivity index (χ2v) is 12.3. The van der Waals surface area contributed by atoms with Crippen LogP contribution in [0.25, 0.3) is 6.08 Å². The fourth-order valence-corrected chi connectivity index (χ4v) is 6.20. The fraction of sp³-hybridized carbons (Fsp3) is 0.632. The van der Waals surface area contributed by atoms with E-state index in [1.807, 2.05) is 0 Å². The quantitative estimate of drug-likeness (QED) is 0.369. The molecule has 1 rings (SSSR count). The van der Waals surface area contributed by atoms with Crippen molar-refractivity contribution in [1.29, 1.82) is 0 Å². The molecule has 2 nitrogen and oxygen atoms in total. The Bertz CT molecular complexity index is 531. The number of nitrogens with zero attached hydrogens (tertiary/aromatic N) is 1. The molecule has 1 atom stereocenters. The number of allylic oxidation sites excluding steroid dienone is 1. The summed E-state index contributed by atoms with van der Waals surface area (Å²) in [5.74, 6) is 0. The predicted octanol–water partition coefficient (Wildman–Crippen LogP) is 6.60. The average Bonchev–Trinajstić information content (AvgIpc) is 2.93. The Morgan fingerprint density at radius 3 is 2.26 bits per heavy atom. The van der Waals surface area contributed by atoms with Crippen molar-refractivity contribution in [3.05, 3.63) is 33.3 Å². The smallest absolute Gasteiger partial charge is 0.192 e. The van der Waals surface area contributed by atoms with Gasteiger partial charge >= 0.3 is 0 Å². The molecule has 0 saturated carbocycles. The summed E-state index contributed by atoms with van der Waals surface area (Å²) in [6, 6.07) is 3.57. The van der Waals surface area contributed by atoms with Crippen molar-refractivity contribution < 1.29 is 4.43 Å². The van der Waals surface area contributed by atoms with Gasteiger partial charge in [-0.2, -0.15) is 0 Å². The summed E-state index contributed by atoms with van der Waals surface area (Å²) in [5, 5.41) is 3.24. The topological polar surface area (TPSA) is 22.1 Å². The lowest BCUT2D eigenvalue weighted by Gasteiger charge is -2.33. The molecule has 0 saturated heterocycles. The van der Waals surface area contributed by atoms with Crippen molar-refractivity contribution in [2.75, 3.05) is 0 Å². The van der Waals surface area contributed by atoms with E-state index in [4.69, 9.17) is 4.43 Å². The summed E-state index contributed by atoms with van der Waals surface area (Å²) in [6.07, 6.45) is 5.64. The highest BCUT2D eigenvalue weighted by Crippen LogP contribution is 2.28. The lowest BCUT2D eigenvalue weighted by Crippen LogP contribution is -2.40. The molecule has 23 heavy (non-hydrogen) atoms. The van der Waals surface area contributed by atoms with Gasteiger partial charge in [0.2, 0.25) is 0 Å². The Morgan fingerprint density at radius 1 is 1.22 bits per heavy atom. The summed E-state index contributed by atoms with van der Waals surface area (Å²) < 4.78 is 6.78. The molecule has 0 unspecified atom stereocenters. The van der Waals surface area contributed by atoms with Crippen molar-refractivity contribution in [3.8, 4) is 0 Å². The standard InChI is InChI=1S/C19H33NOSSi/c1-8-23(9-2,10-3)21-19(12-11-15(4)5)16(6)13-18-14-22-17(7)20-18/h11,13-14,19H,8-10,12H2,1-7H3/b16-13+/t19-/m0/s1. The van der Waals surface area contributed by atoms with Gasteiger partial charge in [-0.15, -0.1) is 11.3 Å². The van der Waals surface area contributed by atoms with Gasteiger partial charge in [-0.25, -0.2) is 4.98 Å². The Hall–Kier alpha value is -0.713. The van der Waals surface area contributed by atoms with E-state index in [2.05, 4.69) is 71.0 Å². The summed E-state index contributed by atoms with van der Waals surface area (Å²) in [4.78, 5) is 4.57. The van der Waals surface area contributed by atoms with Crippen LogP contribution in [0.5, 0.6) is 0 Å². The Kier molecular flexibility index (Phi) is 8.44. The third kappa shape index (κ3) is 6.36. The van der Waals surface area contributed by atoms with Crippen LogP contribution in [0.1, 0.15) is 58.7 Å². The van der Waals surface area contributed by atoms with Crippen LogP contribution in [-0.4, -0.2) is 19.4 Å². The molecule has 1 heterocycles. The summed E-state index contributed by atoms with van der Waals surface area (Å²) in [5.41, 5.74) is 3.71. The van der Waals surface area contributed by atoms with Crippen LogP contribution in [0.15, 0.2) is 22.6 Å². The Morgan fingerprint density at radius 2 is 1.83 bits per heavy atom. The number of aryl methyl sites for hydroxylation is 1. The minimum absolute atomic E-state index is 0.179. The maximum atomic E-state index is 6.78. The largest absolute Gasteiger partial charge is 0.410 e. The first-order valence-corrected chi connectivity index (χ1v) is 12.2. The molecule has 130 valence electrons. The van der Waals surface area contributed by atoms with Gasteiger partial charge in [-0.1, -0.05) is 32.4 Å². The molecule has 0 bridgehead atoms. The predicted molar refractivity (Wildman–Crippen MR) is 107 cm³/mol. The molecule has 0 amide bonds. The zero-order valence-electron chi connectivity index (χ0n) is 15.9. The Labute approximate surface area is 147 Å². The molecule has 0 aliphatic carbocycles. The second kappa shape index (κ2) is 9.55. The highest BCUT2D eigenvalue weighted by Gasteiger charge is 2.32. The van der Waals surface area contributed by atoms with E-state index in [1.165, 1.54) is 29.3 Å². The van der Waals surface area contributed by atoms with Gasteiger partial charge in [-0.05, 0) is 63.9 Å². The van der Waals surface area contributed by atoms with E-state index in [-0.39, 0.29) is 6.10 Å². The van der Waals surface area contributed by atoms with Gasteiger partial charge < -0.3 is 4.43 Å². The third-order valence-electron chi connectivity index (χ3n) is 4.59. The molecule has 1 aromatic heterocycles. The molecule has 0 aliphatic heterocycles. The molecular weight excluding hydrogens is 318 g/mol. The summed E-state index contributed by atoms with van der Waals surface area (Å²) in [6.45, 7) is 15.4. The molecule has 4 heteroatoms. The highest BCUT2D eigenvalue weighted by molar-refractivity contribution is 7.09. The normalized spacial score (nSPS) is 14.0. The van der Waals surface area contributed by atoms with Crippen LogP contribution >= 0.6 is 11.3 Å². The van der Waals surface area contributed by atoms with Gasteiger partial charge in [-0.3, -0.25) is 0 Å². The third-order valence-corrected chi connectivity index (χ3v) is 10.0. The van der Waals surface area contributed by atoms with Crippen LogP contribution in [0.4, 0.5) is 0 Å². The zero-order chi connectivity index (χ0) is 17.5. The van der Waals surface area contributed by atoms with Crippen LogP contribution in [0, 0.1) is 6.92 Å². The van der Waals surface area contributed by atoms with Gasteiger partial charge in [0.25, 0.3) is 0 Å². The van der Waals surface area contributed by atoms with E-state index in [9.17, 15) is 0 Å². The molecule has 0 radical (unpaired) electrons. The Balaban J connectivity index is 3.03. The number of rotatable bonds is 9. The highest BCUT2D eigenvalue weighted by atomic mass is 32.1. The molecule has 1 aromatic rings. The molecule has 0 N–H and O–H groups in total. The van der Waals surface area contributed by atoms with Crippen molar-refractivity contribution in [2.45, 2.75) is 79.1 Å². The molecule has 0 fully saturated rings. The van der Waals surface area contributed by atoms with E-state index >= 15 is 0 Å². The van der Waals surface area contributed by atoms with Crippen molar-refractivity contribution in [1.82, 2.24) is 4.98 Å². The first-order valence-electron chi connectivity index (χ1n) is 8.77. The van der Waals surface area contributed by atoms with E-state index in [0.29, 0.717) is 0 Å². The van der Waals surface area contributed by atoms with Crippen LogP contribution in [0.3, 0.4) is 0 Å². The van der Waals surface area contributed by atoms with Crippen LogP contribution in [0.2, 0.25) is 18.1 Å². The van der Waals surface area contributed by atoms with Crippen molar-refractivity contribution in [2.24, 2.45) is 0 Å². The number of aromatic nitrogens is 1. The molecular formula is C19H33NOSSi. The molecule has 0 aliphatic rings. The van der Waals surface area contributed by atoms with Gasteiger partial charge in [0.15, 0.2) is 8.32 Å². The minimum atomic E-state index is -1.62. The monoisotopic (exact) mass is 351 g/mol. The number of hydrogen-bond donors (Lipinski definition) is 0. The second-order valence-electron chi connectivity index (χ2n) is 6.55. The minimum Gasteiger partial charge on any atom is -0.410 e. The van der Waals surface area contributed by atoms with Gasteiger partial charge in [0.1, 0.15) is 0 Å². The van der Waals surface area contributed by atoms with Crippen LogP contribution in [-0.2, 0) is 4.43 Å². The summed E-state index contributed by atoms with van der Waals surface area (Å²) >= 11 is 1.70. The van der Waals surface area contributed by atoms with E-state index in [0.717, 1.165) is 17.1 Å². The first-order chi connectivity index (χ1) is 10.9. The first kappa shape index (κ1) is 20.3. The van der Waals surface area contributed by atoms with E-state index in [1.54, 1.807) is 11.3 Å². The molecule has 0 aromatic carbocycles. The van der Waals surface area contributed by atoms with Crippen molar-refractivity contribution in [3.63, 3.8) is 0 Å². The lowest BCUT2D eigenvalue weighted by molar-refractivity contribution is 0.225. The van der Waals surface area contributed by atoms with Crippen molar-refractivity contribution >= 4 is 25.7 Å². The van der Waals surface area contributed by atoms with Gasteiger partial charge in [0, 0.05) is 5.38 Å². The molecule has 0 spiro atoms. The van der Waals surface area contributed by atoms with Gasteiger partial charge in [0.05, 0.1) is 16.8 Å². The average molecular weight is 352 g/mol.